The molecular weight excluding hydrogens is 275 g/mol. The van der Waals surface area contributed by atoms with Gasteiger partial charge < -0.3 is 18.9 Å². The summed E-state index contributed by atoms with van der Waals surface area (Å²) in [6, 6.07) is 0. The number of carbonyl (C=O) groups excluding carboxylic acids is 3. The largest absolute Gasteiger partial charge is 0.456 e. The van der Waals surface area contributed by atoms with Crippen molar-refractivity contribution in [2.45, 2.75) is 58.5 Å². The monoisotopic (exact) mass is 292 g/mol. The third-order valence-electron chi connectivity index (χ3n) is 2.60. The van der Waals surface area contributed by atoms with Crippen LogP contribution in [0.1, 0.15) is 27.7 Å². The Hall–Kier alpha value is -1.70. The minimum Gasteiger partial charge on any atom is -0.456 e. The van der Waals surface area contributed by atoms with E-state index in [9.17, 15) is 18.8 Å². The Morgan fingerprint density at radius 3 is 1.80 bits per heavy atom. The molecule has 1 rings (SSSR count). The van der Waals surface area contributed by atoms with Gasteiger partial charge in [-0.05, 0) is 6.92 Å². The van der Waals surface area contributed by atoms with Gasteiger partial charge in [0.15, 0.2) is 12.2 Å². The Balaban J connectivity index is 2.93. The molecule has 1 unspecified atom stereocenters. The summed E-state index contributed by atoms with van der Waals surface area (Å²) in [6.07, 6.45) is -6.79. The van der Waals surface area contributed by atoms with E-state index in [1.807, 2.05) is 0 Å². The van der Waals surface area contributed by atoms with Crippen LogP contribution in [0.3, 0.4) is 0 Å². The molecule has 8 heteroatoms. The standard InChI is InChI=1S/C12H17FO7/c1-5-10(18-6(2)14)11(19-7(3)15)9(13)12(17-5)20-8(4)16/h5,9-12H,1-4H3/t5-,9-,10+,11-,12?/m0/s1. The first-order valence-electron chi connectivity index (χ1n) is 6.03. The molecule has 5 atom stereocenters. The van der Waals surface area contributed by atoms with Crippen LogP contribution < -0.4 is 0 Å². The summed E-state index contributed by atoms with van der Waals surface area (Å²) in [6.45, 7) is 4.83. The lowest BCUT2D eigenvalue weighted by molar-refractivity contribution is -0.276. The Morgan fingerprint density at radius 2 is 1.35 bits per heavy atom. The zero-order valence-electron chi connectivity index (χ0n) is 11.6. The van der Waals surface area contributed by atoms with Crippen molar-refractivity contribution in [2.75, 3.05) is 0 Å². The Bertz CT molecular complexity index is 397. The maximum Gasteiger partial charge on any atom is 0.305 e. The average Bonchev–Trinajstić information content (AvgIpc) is 2.28. The lowest BCUT2D eigenvalue weighted by Gasteiger charge is -2.40. The molecule has 0 aromatic carbocycles. The molecule has 0 bridgehead atoms. The van der Waals surface area contributed by atoms with E-state index in [1.165, 1.54) is 6.92 Å². The number of esters is 3. The molecule has 1 heterocycles. The molecule has 0 spiro atoms. The van der Waals surface area contributed by atoms with Crippen molar-refractivity contribution in [3.63, 3.8) is 0 Å². The predicted molar refractivity (Wildman–Crippen MR) is 62.1 cm³/mol. The Kier molecular flexibility index (Phi) is 5.43. The van der Waals surface area contributed by atoms with E-state index in [1.54, 1.807) is 0 Å². The quantitative estimate of drug-likeness (QED) is 0.552. The Morgan fingerprint density at radius 1 is 0.900 bits per heavy atom. The third-order valence-corrected chi connectivity index (χ3v) is 2.60. The molecule has 114 valence electrons. The summed E-state index contributed by atoms with van der Waals surface area (Å²) in [7, 11) is 0. The highest BCUT2D eigenvalue weighted by Crippen LogP contribution is 2.29. The van der Waals surface area contributed by atoms with Gasteiger partial charge >= 0.3 is 17.9 Å². The van der Waals surface area contributed by atoms with Crippen LogP contribution in [0.15, 0.2) is 0 Å². The van der Waals surface area contributed by atoms with Crippen LogP contribution in [0, 0.1) is 0 Å². The number of rotatable bonds is 3. The summed E-state index contributed by atoms with van der Waals surface area (Å²) in [5, 5.41) is 0. The second kappa shape index (κ2) is 6.65. The summed E-state index contributed by atoms with van der Waals surface area (Å²) < 4.78 is 33.8. The molecule has 0 aliphatic carbocycles. The summed E-state index contributed by atoms with van der Waals surface area (Å²) >= 11 is 0. The van der Waals surface area contributed by atoms with Gasteiger partial charge in [-0.1, -0.05) is 0 Å². The van der Waals surface area contributed by atoms with Crippen LogP contribution in [0.2, 0.25) is 0 Å². The molecule has 1 saturated heterocycles. The number of halogens is 1. The molecule has 0 radical (unpaired) electrons. The summed E-state index contributed by atoms with van der Waals surface area (Å²) in [5.74, 6) is -2.15. The maximum atomic E-state index is 14.2. The number of carbonyl (C=O) groups is 3. The van der Waals surface area contributed by atoms with Crippen LogP contribution >= 0.6 is 0 Å². The van der Waals surface area contributed by atoms with Crippen molar-refractivity contribution in [3.8, 4) is 0 Å². The molecule has 20 heavy (non-hydrogen) atoms. The second-order valence-electron chi connectivity index (χ2n) is 4.41. The SMILES string of the molecule is CC(=O)OC1O[C@@H](C)[C@@H](OC(C)=O)[C@@H](OC(C)=O)[C@@H]1F. The summed E-state index contributed by atoms with van der Waals surface area (Å²) in [5.41, 5.74) is 0. The van der Waals surface area contributed by atoms with Gasteiger partial charge in [0.1, 0.15) is 0 Å². The average molecular weight is 292 g/mol. The fourth-order valence-electron chi connectivity index (χ4n) is 1.90. The first kappa shape index (κ1) is 16.4. The molecule has 1 aliphatic rings. The van der Waals surface area contributed by atoms with Gasteiger partial charge in [-0.25, -0.2) is 4.39 Å². The van der Waals surface area contributed by atoms with Gasteiger partial charge in [-0.15, -0.1) is 0 Å². The second-order valence-corrected chi connectivity index (χ2v) is 4.41. The highest BCUT2D eigenvalue weighted by atomic mass is 19.1. The van der Waals surface area contributed by atoms with Crippen LogP contribution in [-0.2, 0) is 33.3 Å². The van der Waals surface area contributed by atoms with Gasteiger partial charge in [0.2, 0.25) is 12.5 Å². The van der Waals surface area contributed by atoms with Gasteiger partial charge in [-0.3, -0.25) is 14.4 Å². The van der Waals surface area contributed by atoms with Gasteiger partial charge in [-0.2, -0.15) is 0 Å². The highest BCUT2D eigenvalue weighted by molar-refractivity contribution is 5.68. The van der Waals surface area contributed by atoms with Crippen LogP contribution in [0.4, 0.5) is 4.39 Å². The molecule has 0 saturated carbocycles. The molecular formula is C12H17FO7. The zero-order chi connectivity index (χ0) is 15.4. The van der Waals surface area contributed by atoms with E-state index >= 15 is 0 Å². The van der Waals surface area contributed by atoms with Crippen LogP contribution in [-0.4, -0.2) is 48.7 Å². The normalized spacial score (nSPS) is 33.1. The number of hydrogen-bond donors (Lipinski definition) is 0. The molecule has 1 aliphatic heterocycles. The van der Waals surface area contributed by atoms with E-state index in [0.29, 0.717) is 0 Å². The zero-order valence-corrected chi connectivity index (χ0v) is 11.6. The van der Waals surface area contributed by atoms with Crippen LogP contribution in [0.5, 0.6) is 0 Å². The fourth-order valence-corrected chi connectivity index (χ4v) is 1.90. The van der Waals surface area contributed by atoms with Crippen molar-refractivity contribution < 1.29 is 37.7 Å². The summed E-state index contributed by atoms with van der Waals surface area (Å²) in [4.78, 5) is 33.0. The smallest absolute Gasteiger partial charge is 0.305 e. The lowest BCUT2D eigenvalue weighted by atomic mass is 10.00. The van der Waals surface area contributed by atoms with Crippen molar-refractivity contribution in [1.29, 1.82) is 0 Å². The first-order valence-corrected chi connectivity index (χ1v) is 6.03. The molecule has 7 nitrogen and oxygen atoms in total. The predicted octanol–water partition coefficient (Wildman–Crippen LogP) is 0.496. The lowest BCUT2D eigenvalue weighted by Crippen LogP contribution is -2.58. The third kappa shape index (κ3) is 4.16. The molecule has 0 amide bonds. The van der Waals surface area contributed by atoms with Crippen molar-refractivity contribution in [1.82, 2.24) is 0 Å². The van der Waals surface area contributed by atoms with Crippen LogP contribution in [0.25, 0.3) is 0 Å². The van der Waals surface area contributed by atoms with Gasteiger partial charge in [0.05, 0.1) is 6.10 Å². The maximum absolute atomic E-state index is 14.2. The molecule has 1 fully saturated rings. The fraction of sp³-hybridized carbons (Fsp3) is 0.750. The molecule has 0 N–H and O–H groups in total. The molecule has 0 aromatic heterocycles. The van der Waals surface area contributed by atoms with Crippen molar-refractivity contribution >= 4 is 17.9 Å². The topological polar surface area (TPSA) is 88.1 Å². The number of alkyl halides is 1. The minimum atomic E-state index is -1.96. The minimum absolute atomic E-state index is 0.666. The van der Waals surface area contributed by atoms with Gasteiger partial charge in [0, 0.05) is 20.8 Å². The van der Waals surface area contributed by atoms with Crippen molar-refractivity contribution in [2.24, 2.45) is 0 Å². The number of hydrogen-bond acceptors (Lipinski definition) is 7. The Labute approximate surface area is 115 Å². The van der Waals surface area contributed by atoms with E-state index < -0.39 is 48.7 Å². The van der Waals surface area contributed by atoms with E-state index in [2.05, 4.69) is 4.74 Å². The highest BCUT2D eigenvalue weighted by Gasteiger charge is 2.50. The van der Waals surface area contributed by atoms with E-state index in [0.717, 1.165) is 20.8 Å². The first-order chi connectivity index (χ1) is 9.22. The van der Waals surface area contributed by atoms with Crippen molar-refractivity contribution in [3.05, 3.63) is 0 Å². The van der Waals surface area contributed by atoms with E-state index in [-0.39, 0.29) is 0 Å². The van der Waals surface area contributed by atoms with E-state index in [4.69, 9.17) is 14.2 Å². The molecule has 0 aromatic rings. The van der Waals surface area contributed by atoms with Gasteiger partial charge in [0.25, 0.3) is 0 Å². The number of ether oxygens (including phenoxy) is 4.